The van der Waals surface area contributed by atoms with E-state index in [1.165, 1.54) is 0 Å². The van der Waals surface area contributed by atoms with Crippen LogP contribution in [0.15, 0.2) is 23.0 Å². The standard InChI is InChI=1S/C16H19ClN2O2/c1-9-14(10(2)18-19-15(9)20)12-7-6-11(8-13(12)17)21-16(3,4)5/h6-8H,1-5H3,(H,19,20). The second-order valence-corrected chi connectivity index (χ2v) is 6.40. The van der Waals surface area contributed by atoms with E-state index in [9.17, 15) is 4.79 Å². The maximum absolute atomic E-state index is 11.7. The summed E-state index contributed by atoms with van der Waals surface area (Å²) in [5.74, 6) is 0.698. The molecule has 0 saturated heterocycles. The van der Waals surface area contributed by atoms with Crippen LogP contribution in [0.2, 0.25) is 5.02 Å². The van der Waals surface area contributed by atoms with Crippen LogP contribution < -0.4 is 10.3 Å². The largest absolute Gasteiger partial charge is 0.488 e. The molecule has 0 aliphatic heterocycles. The molecule has 0 amide bonds. The van der Waals surface area contributed by atoms with Gasteiger partial charge in [0.25, 0.3) is 5.56 Å². The fourth-order valence-corrected chi connectivity index (χ4v) is 2.44. The van der Waals surface area contributed by atoms with Crippen LogP contribution in [0.1, 0.15) is 32.0 Å². The summed E-state index contributed by atoms with van der Waals surface area (Å²) in [5, 5.41) is 7.02. The lowest BCUT2D eigenvalue weighted by Gasteiger charge is -2.22. The Hall–Kier alpha value is -1.81. The Morgan fingerprint density at radius 3 is 2.48 bits per heavy atom. The van der Waals surface area contributed by atoms with Crippen LogP contribution in [0.4, 0.5) is 0 Å². The number of ether oxygens (including phenoxy) is 1. The van der Waals surface area contributed by atoms with E-state index in [1.807, 2.05) is 39.8 Å². The highest BCUT2D eigenvalue weighted by atomic mass is 35.5. The fraction of sp³-hybridized carbons (Fsp3) is 0.375. The van der Waals surface area contributed by atoms with Gasteiger partial charge in [0.15, 0.2) is 0 Å². The number of H-pyrrole nitrogens is 1. The van der Waals surface area contributed by atoms with Gasteiger partial charge in [0.1, 0.15) is 11.4 Å². The molecule has 21 heavy (non-hydrogen) atoms. The molecule has 0 unspecified atom stereocenters. The number of benzene rings is 1. The van der Waals surface area contributed by atoms with Gasteiger partial charge < -0.3 is 4.74 Å². The highest BCUT2D eigenvalue weighted by molar-refractivity contribution is 6.33. The van der Waals surface area contributed by atoms with Crippen molar-refractivity contribution < 1.29 is 4.74 Å². The van der Waals surface area contributed by atoms with E-state index in [-0.39, 0.29) is 11.2 Å². The molecule has 112 valence electrons. The zero-order valence-electron chi connectivity index (χ0n) is 12.9. The van der Waals surface area contributed by atoms with E-state index >= 15 is 0 Å². The van der Waals surface area contributed by atoms with Gasteiger partial charge in [0.2, 0.25) is 0 Å². The summed E-state index contributed by atoms with van der Waals surface area (Å²) in [4.78, 5) is 11.7. The molecule has 0 spiro atoms. The van der Waals surface area contributed by atoms with Crippen molar-refractivity contribution in [3.05, 3.63) is 44.8 Å². The topological polar surface area (TPSA) is 55.0 Å². The summed E-state index contributed by atoms with van der Waals surface area (Å²) in [5.41, 5.74) is 2.40. The van der Waals surface area contributed by atoms with Gasteiger partial charge in [-0.15, -0.1) is 0 Å². The first kappa shape index (κ1) is 15.6. The predicted molar refractivity (Wildman–Crippen MR) is 85.2 cm³/mol. The summed E-state index contributed by atoms with van der Waals surface area (Å²) >= 11 is 6.37. The van der Waals surface area contributed by atoms with Crippen molar-refractivity contribution >= 4 is 11.6 Å². The van der Waals surface area contributed by atoms with Crippen LogP contribution in [0.25, 0.3) is 11.1 Å². The molecule has 0 bridgehead atoms. The Balaban J connectivity index is 2.53. The van der Waals surface area contributed by atoms with E-state index in [1.54, 1.807) is 13.0 Å². The van der Waals surface area contributed by atoms with Gasteiger partial charge in [-0.25, -0.2) is 5.10 Å². The van der Waals surface area contributed by atoms with Crippen molar-refractivity contribution in [2.45, 2.75) is 40.2 Å². The molecule has 1 aromatic carbocycles. The zero-order chi connectivity index (χ0) is 15.8. The second-order valence-electron chi connectivity index (χ2n) is 5.99. The van der Waals surface area contributed by atoms with E-state index in [0.29, 0.717) is 16.3 Å². The highest BCUT2D eigenvalue weighted by Gasteiger charge is 2.16. The maximum atomic E-state index is 11.7. The average molecular weight is 307 g/mol. The van der Waals surface area contributed by atoms with Crippen molar-refractivity contribution in [3.8, 4) is 16.9 Å². The smallest absolute Gasteiger partial charge is 0.267 e. The number of aromatic amines is 1. The fourth-order valence-electron chi connectivity index (χ4n) is 2.17. The molecule has 0 radical (unpaired) electrons. The first-order valence-corrected chi connectivity index (χ1v) is 7.11. The number of hydrogen-bond donors (Lipinski definition) is 1. The Labute approximate surface area is 129 Å². The van der Waals surface area contributed by atoms with Crippen molar-refractivity contribution in [2.24, 2.45) is 0 Å². The highest BCUT2D eigenvalue weighted by Crippen LogP contribution is 2.34. The third kappa shape index (κ3) is 3.45. The number of nitrogens with zero attached hydrogens (tertiary/aromatic N) is 1. The number of aromatic nitrogens is 2. The van der Waals surface area contributed by atoms with Crippen molar-refractivity contribution in [2.75, 3.05) is 0 Å². The van der Waals surface area contributed by atoms with Crippen LogP contribution in [0.5, 0.6) is 5.75 Å². The Morgan fingerprint density at radius 2 is 1.90 bits per heavy atom. The quantitative estimate of drug-likeness (QED) is 0.916. The van der Waals surface area contributed by atoms with Gasteiger partial charge in [0.05, 0.1) is 10.7 Å². The third-order valence-electron chi connectivity index (χ3n) is 3.04. The number of halogens is 1. The minimum absolute atomic E-state index is 0.207. The molecule has 5 heteroatoms. The molecular weight excluding hydrogens is 288 g/mol. The van der Waals surface area contributed by atoms with Gasteiger partial charge in [-0.1, -0.05) is 11.6 Å². The van der Waals surface area contributed by atoms with Gasteiger partial charge in [-0.3, -0.25) is 4.79 Å². The van der Waals surface area contributed by atoms with Gasteiger partial charge in [-0.05, 0) is 52.8 Å². The molecule has 0 aliphatic rings. The van der Waals surface area contributed by atoms with Crippen molar-refractivity contribution in [1.82, 2.24) is 10.2 Å². The molecule has 2 rings (SSSR count). The number of aryl methyl sites for hydroxylation is 1. The average Bonchev–Trinajstić information content (AvgIpc) is 2.35. The summed E-state index contributed by atoms with van der Waals surface area (Å²) in [6, 6.07) is 5.48. The minimum atomic E-state index is -0.290. The predicted octanol–water partition coefficient (Wildman–Crippen LogP) is 3.88. The van der Waals surface area contributed by atoms with Gasteiger partial charge in [0, 0.05) is 16.7 Å². The summed E-state index contributed by atoms with van der Waals surface area (Å²) in [6.45, 7) is 9.53. The molecule has 0 saturated carbocycles. The second kappa shape index (κ2) is 5.53. The molecule has 4 nitrogen and oxygen atoms in total. The summed E-state index contributed by atoms with van der Waals surface area (Å²) in [6.07, 6.45) is 0. The number of hydrogen-bond acceptors (Lipinski definition) is 3. The summed E-state index contributed by atoms with van der Waals surface area (Å²) < 4.78 is 5.79. The van der Waals surface area contributed by atoms with Crippen molar-refractivity contribution in [1.29, 1.82) is 0 Å². The maximum Gasteiger partial charge on any atom is 0.267 e. The van der Waals surface area contributed by atoms with Crippen LogP contribution in [-0.4, -0.2) is 15.8 Å². The Bertz CT molecular complexity index is 730. The molecule has 0 aliphatic carbocycles. The van der Waals surface area contributed by atoms with E-state index < -0.39 is 0 Å². The van der Waals surface area contributed by atoms with Crippen molar-refractivity contribution in [3.63, 3.8) is 0 Å². The van der Waals surface area contributed by atoms with Crippen LogP contribution in [-0.2, 0) is 0 Å². The van der Waals surface area contributed by atoms with Crippen LogP contribution >= 0.6 is 11.6 Å². The first-order chi connectivity index (χ1) is 9.69. The summed E-state index contributed by atoms with van der Waals surface area (Å²) in [7, 11) is 0. The van der Waals surface area contributed by atoms with Gasteiger partial charge >= 0.3 is 0 Å². The minimum Gasteiger partial charge on any atom is -0.488 e. The molecule has 2 aromatic rings. The van der Waals surface area contributed by atoms with Crippen LogP contribution in [0, 0.1) is 13.8 Å². The number of nitrogens with one attached hydrogen (secondary N) is 1. The molecule has 1 N–H and O–H groups in total. The van der Waals surface area contributed by atoms with E-state index in [2.05, 4.69) is 10.2 Å². The van der Waals surface area contributed by atoms with Crippen LogP contribution in [0.3, 0.4) is 0 Å². The van der Waals surface area contributed by atoms with E-state index in [4.69, 9.17) is 16.3 Å². The Kier molecular flexibility index (Phi) is 4.10. The number of rotatable bonds is 2. The molecule has 0 atom stereocenters. The van der Waals surface area contributed by atoms with E-state index in [0.717, 1.165) is 16.8 Å². The normalized spacial score (nSPS) is 11.5. The monoisotopic (exact) mass is 306 g/mol. The molecule has 0 fully saturated rings. The lowest BCUT2D eigenvalue weighted by molar-refractivity contribution is 0.131. The first-order valence-electron chi connectivity index (χ1n) is 6.74. The van der Waals surface area contributed by atoms with Gasteiger partial charge in [-0.2, -0.15) is 5.10 Å². The lowest BCUT2D eigenvalue weighted by Crippen LogP contribution is -2.22. The molecule has 1 heterocycles. The SMILES string of the molecule is Cc1n[nH]c(=O)c(C)c1-c1ccc(OC(C)(C)C)cc1Cl. The third-order valence-corrected chi connectivity index (χ3v) is 3.35. The lowest BCUT2D eigenvalue weighted by atomic mass is 10.0. The molecular formula is C16H19ClN2O2. The Morgan fingerprint density at radius 1 is 1.24 bits per heavy atom. The molecule has 1 aromatic heterocycles. The zero-order valence-corrected chi connectivity index (χ0v) is 13.6.